The minimum Gasteiger partial charge on any atom is -1.00 e. The van der Waals surface area contributed by atoms with Gasteiger partial charge in [-0.25, -0.2) is 0 Å². The van der Waals surface area contributed by atoms with Crippen molar-refractivity contribution >= 4 is 0 Å². The van der Waals surface area contributed by atoms with Crippen molar-refractivity contribution in [1.29, 1.82) is 0 Å². The zero-order valence-electron chi connectivity index (χ0n) is 4.26. The summed E-state index contributed by atoms with van der Waals surface area (Å²) in [5.74, 6) is 0. The van der Waals surface area contributed by atoms with Gasteiger partial charge >= 0.3 is 21.7 Å². The largest absolute Gasteiger partial charge is 2.00 e. The van der Waals surface area contributed by atoms with Crippen LogP contribution >= 0.6 is 0 Å². The maximum absolute atomic E-state index is 2.89. The van der Waals surface area contributed by atoms with Gasteiger partial charge < -0.3 is 12.4 Å². The molecule has 0 saturated carbocycles. The van der Waals surface area contributed by atoms with Crippen LogP contribution in [0, 0.1) is 6.07 Å². The van der Waals surface area contributed by atoms with Gasteiger partial charge in [-0.15, -0.1) is 0 Å². The monoisotopic (exact) mass is 160 g/mol. The molecule has 0 unspecified atom stereocenters. The van der Waals surface area contributed by atoms with E-state index in [1.807, 2.05) is 30.3 Å². The molecule has 0 heterocycles. The van der Waals surface area contributed by atoms with E-state index >= 15 is 0 Å². The second-order valence-electron chi connectivity index (χ2n) is 1.08. The van der Waals surface area contributed by atoms with Gasteiger partial charge in [-0.05, 0) is 0 Å². The van der Waals surface area contributed by atoms with Crippen molar-refractivity contribution in [2.45, 2.75) is 0 Å². The zero-order valence-corrected chi connectivity index (χ0v) is 6.58. The molecule has 0 bridgehead atoms. The van der Waals surface area contributed by atoms with E-state index in [0.29, 0.717) is 0 Å². The first-order chi connectivity index (χ1) is 3.00. The molecular formula is C6H5ClTi. The minimum absolute atomic E-state index is 0. The molecule has 8 heavy (non-hydrogen) atoms. The fraction of sp³-hybridized carbons (Fsp3) is 0. The molecule has 0 radical (unpaired) electrons. The van der Waals surface area contributed by atoms with Crippen LogP contribution in [0.5, 0.6) is 0 Å². The first-order valence-electron chi connectivity index (χ1n) is 1.91. The molecule has 0 saturated heterocycles. The van der Waals surface area contributed by atoms with E-state index < -0.39 is 0 Å². The maximum Gasteiger partial charge on any atom is 2.00 e. The van der Waals surface area contributed by atoms with Gasteiger partial charge in [-0.3, -0.25) is 0 Å². The van der Waals surface area contributed by atoms with Crippen molar-refractivity contribution in [3.63, 3.8) is 0 Å². The fourth-order valence-corrected chi connectivity index (χ4v) is 0.342. The van der Waals surface area contributed by atoms with Crippen molar-refractivity contribution in [3.8, 4) is 0 Å². The number of halogens is 1. The fourth-order valence-electron chi connectivity index (χ4n) is 0.342. The van der Waals surface area contributed by atoms with Crippen LogP contribution < -0.4 is 12.4 Å². The topological polar surface area (TPSA) is 0 Å². The van der Waals surface area contributed by atoms with E-state index in [-0.39, 0.29) is 34.1 Å². The summed E-state index contributed by atoms with van der Waals surface area (Å²) in [6, 6.07) is 12.5. The minimum atomic E-state index is 0. The Morgan fingerprint density at radius 1 is 0.875 bits per heavy atom. The molecule has 0 atom stereocenters. The average Bonchev–Trinajstić information content (AvgIpc) is 1.72. The number of hydrogen-bond acceptors (Lipinski definition) is 0. The summed E-state index contributed by atoms with van der Waals surface area (Å²) in [6.45, 7) is 0. The molecule has 1 aromatic rings. The van der Waals surface area contributed by atoms with Crippen LogP contribution in [0.15, 0.2) is 30.3 Å². The third kappa shape index (κ3) is 4.38. The molecular weight excluding hydrogens is 155 g/mol. The molecule has 0 N–H and O–H groups in total. The number of rotatable bonds is 0. The Morgan fingerprint density at radius 3 is 1.50 bits per heavy atom. The van der Waals surface area contributed by atoms with Gasteiger partial charge in [0.15, 0.2) is 0 Å². The second kappa shape index (κ2) is 7.22. The standard InChI is InChI=1S/C6H5.ClH.Ti/c1-2-4-6-5-3-1;;/h1-5H;1H;/q-1;;+2/p-1. The molecule has 0 amide bonds. The summed E-state index contributed by atoms with van der Waals surface area (Å²) >= 11 is 0. The molecule has 0 nitrogen and oxygen atoms in total. The van der Waals surface area contributed by atoms with Crippen LogP contribution in [0.1, 0.15) is 0 Å². The molecule has 0 aliphatic heterocycles. The molecule has 0 aliphatic rings. The Kier molecular flexibility index (Phi) is 10.0. The molecule has 40 valence electrons. The maximum atomic E-state index is 2.89. The second-order valence-corrected chi connectivity index (χ2v) is 1.08. The summed E-state index contributed by atoms with van der Waals surface area (Å²) in [4.78, 5) is 0. The van der Waals surface area contributed by atoms with E-state index in [0.717, 1.165) is 0 Å². The van der Waals surface area contributed by atoms with Crippen molar-refractivity contribution in [3.05, 3.63) is 36.4 Å². The Hall–Kier alpha value is 0.224. The summed E-state index contributed by atoms with van der Waals surface area (Å²) < 4.78 is 0. The molecule has 1 aromatic carbocycles. The Morgan fingerprint density at radius 2 is 1.38 bits per heavy atom. The molecule has 0 spiro atoms. The van der Waals surface area contributed by atoms with Crippen LogP contribution in [-0.4, -0.2) is 0 Å². The van der Waals surface area contributed by atoms with Gasteiger partial charge in [0.05, 0.1) is 0 Å². The number of hydrogen-bond donors (Lipinski definition) is 0. The van der Waals surface area contributed by atoms with Crippen LogP contribution in [0.2, 0.25) is 0 Å². The molecule has 0 aliphatic carbocycles. The molecule has 1 rings (SSSR count). The third-order valence-electron chi connectivity index (χ3n) is 0.607. The zero-order chi connectivity index (χ0) is 4.24. The van der Waals surface area contributed by atoms with Crippen molar-refractivity contribution < 1.29 is 34.1 Å². The molecule has 0 aromatic heterocycles. The SMILES string of the molecule is [Cl-].[Ti+2].[c-]1ccccc1. The van der Waals surface area contributed by atoms with E-state index in [1.54, 1.807) is 0 Å². The van der Waals surface area contributed by atoms with E-state index in [2.05, 4.69) is 6.07 Å². The van der Waals surface area contributed by atoms with Gasteiger partial charge in [-0.1, -0.05) is 0 Å². The van der Waals surface area contributed by atoms with E-state index in [1.165, 1.54) is 0 Å². The third-order valence-corrected chi connectivity index (χ3v) is 0.607. The van der Waals surface area contributed by atoms with Crippen LogP contribution in [0.4, 0.5) is 0 Å². The molecule has 0 fully saturated rings. The Labute approximate surface area is 70.6 Å². The van der Waals surface area contributed by atoms with E-state index in [9.17, 15) is 0 Å². The summed E-state index contributed by atoms with van der Waals surface area (Å²) in [5, 5.41) is 0. The van der Waals surface area contributed by atoms with Crippen LogP contribution in [-0.2, 0) is 21.7 Å². The predicted octanol–water partition coefficient (Wildman–Crippen LogP) is -1.51. The normalized spacial score (nSPS) is 6.00. The average molecular weight is 160 g/mol. The Balaban J connectivity index is 0. The van der Waals surface area contributed by atoms with Gasteiger partial charge in [-0.2, -0.15) is 36.4 Å². The Bertz CT molecular complexity index is 80.5. The first-order valence-corrected chi connectivity index (χ1v) is 1.91. The van der Waals surface area contributed by atoms with Gasteiger partial charge in [0, 0.05) is 0 Å². The molecule has 2 heteroatoms. The predicted molar refractivity (Wildman–Crippen MR) is 25.3 cm³/mol. The summed E-state index contributed by atoms with van der Waals surface area (Å²) in [5.41, 5.74) is 0. The van der Waals surface area contributed by atoms with Crippen molar-refractivity contribution in [2.75, 3.05) is 0 Å². The van der Waals surface area contributed by atoms with Gasteiger partial charge in [0.2, 0.25) is 0 Å². The summed E-state index contributed by atoms with van der Waals surface area (Å²) in [6.07, 6.45) is 0. The first kappa shape index (κ1) is 11.1. The van der Waals surface area contributed by atoms with Crippen LogP contribution in [0.3, 0.4) is 0 Å². The van der Waals surface area contributed by atoms with Gasteiger partial charge in [0.1, 0.15) is 0 Å². The smallest absolute Gasteiger partial charge is 1.00 e. The van der Waals surface area contributed by atoms with E-state index in [4.69, 9.17) is 0 Å². The summed E-state index contributed by atoms with van der Waals surface area (Å²) in [7, 11) is 0. The van der Waals surface area contributed by atoms with Crippen molar-refractivity contribution in [1.82, 2.24) is 0 Å². The van der Waals surface area contributed by atoms with Gasteiger partial charge in [0.25, 0.3) is 0 Å². The van der Waals surface area contributed by atoms with Crippen molar-refractivity contribution in [2.24, 2.45) is 0 Å². The number of benzene rings is 1. The van der Waals surface area contributed by atoms with Crippen LogP contribution in [0.25, 0.3) is 0 Å². The quantitative estimate of drug-likeness (QED) is 0.320.